The van der Waals surface area contributed by atoms with Crippen LogP contribution in [0.2, 0.25) is 0 Å². The van der Waals surface area contributed by atoms with Crippen LogP contribution in [0.5, 0.6) is 0 Å². The molecule has 5 nitrogen and oxygen atoms in total. The van der Waals surface area contributed by atoms with E-state index in [1.807, 2.05) is 19.9 Å². The first-order valence-corrected chi connectivity index (χ1v) is 7.19. The maximum atomic E-state index is 11.6. The minimum atomic E-state index is -0.332. The molecule has 0 spiro atoms. The molecule has 118 valence electrons. The van der Waals surface area contributed by atoms with Crippen molar-refractivity contribution in [2.45, 2.75) is 20.0 Å². The van der Waals surface area contributed by atoms with E-state index in [4.69, 9.17) is 18.9 Å². The summed E-state index contributed by atoms with van der Waals surface area (Å²) in [6.07, 6.45) is 0.226. The second-order valence-electron chi connectivity index (χ2n) is 4.65. The van der Waals surface area contributed by atoms with Gasteiger partial charge in [-0.2, -0.15) is 0 Å². The van der Waals surface area contributed by atoms with Crippen molar-refractivity contribution in [3.05, 3.63) is 35.9 Å². The predicted molar refractivity (Wildman–Crippen MR) is 79.5 cm³/mol. The van der Waals surface area contributed by atoms with Crippen LogP contribution in [0.3, 0.4) is 0 Å². The maximum absolute atomic E-state index is 11.6. The van der Waals surface area contributed by atoms with E-state index >= 15 is 0 Å². The van der Waals surface area contributed by atoms with Gasteiger partial charge in [-0.3, -0.25) is 0 Å². The topological polar surface area (TPSA) is 54.0 Å². The Hall–Kier alpha value is -1.43. The maximum Gasteiger partial charge on any atom is 0.338 e. The molecule has 0 heterocycles. The van der Waals surface area contributed by atoms with Gasteiger partial charge in [-0.15, -0.1) is 0 Å². The van der Waals surface area contributed by atoms with Crippen LogP contribution in [0.25, 0.3) is 0 Å². The van der Waals surface area contributed by atoms with Gasteiger partial charge in [0.1, 0.15) is 6.61 Å². The number of carbonyl (C=O) groups is 1. The Morgan fingerprint density at radius 1 is 0.905 bits per heavy atom. The summed E-state index contributed by atoms with van der Waals surface area (Å²) in [7, 11) is 0. The van der Waals surface area contributed by atoms with E-state index < -0.39 is 0 Å². The van der Waals surface area contributed by atoms with E-state index in [9.17, 15) is 4.79 Å². The van der Waals surface area contributed by atoms with Gasteiger partial charge in [-0.25, -0.2) is 4.79 Å². The fourth-order valence-electron chi connectivity index (χ4n) is 1.52. The molecule has 0 radical (unpaired) electrons. The van der Waals surface area contributed by atoms with Crippen LogP contribution in [0.4, 0.5) is 0 Å². The van der Waals surface area contributed by atoms with E-state index in [1.54, 1.807) is 24.3 Å². The van der Waals surface area contributed by atoms with Gasteiger partial charge in [-0.05, 0) is 26.0 Å². The minimum absolute atomic E-state index is 0.226. The molecular formula is C16H24O5. The van der Waals surface area contributed by atoms with Crippen LogP contribution < -0.4 is 0 Å². The number of hydrogen-bond acceptors (Lipinski definition) is 5. The Kier molecular flexibility index (Phi) is 9.44. The number of carbonyl (C=O) groups excluding carboxylic acids is 1. The molecule has 0 amide bonds. The first-order valence-electron chi connectivity index (χ1n) is 7.19. The first-order chi connectivity index (χ1) is 10.2. The van der Waals surface area contributed by atoms with Crippen LogP contribution in [0, 0.1) is 0 Å². The molecule has 0 aromatic heterocycles. The van der Waals surface area contributed by atoms with Gasteiger partial charge in [0.2, 0.25) is 0 Å². The highest BCUT2D eigenvalue weighted by Crippen LogP contribution is 2.00. The SMILES string of the molecule is CC(C)OCCOCCOCCOC(=O)c1ccccc1. The Balaban J connectivity index is 1.90. The monoisotopic (exact) mass is 296 g/mol. The molecule has 1 aromatic rings. The van der Waals surface area contributed by atoms with Crippen LogP contribution in [-0.4, -0.2) is 51.7 Å². The molecule has 0 unspecified atom stereocenters. The van der Waals surface area contributed by atoms with Crippen molar-refractivity contribution in [2.24, 2.45) is 0 Å². The highest BCUT2D eigenvalue weighted by molar-refractivity contribution is 5.89. The third kappa shape index (κ3) is 9.18. The van der Waals surface area contributed by atoms with Crippen molar-refractivity contribution < 1.29 is 23.7 Å². The second-order valence-corrected chi connectivity index (χ2v) is 4.65. The summed E-state index contributed by atoms with van der Waals surface area (Å²) in [4.78, 5) is 11.6. The molecule has 0 bridgehead atoms. The fourth-order valence-corrected chi connectivity index (χ4v) is 1.52. The van der Waals surface area contributed by atoms with E-state index in [0.717, 1.165) is 0 Å². The predicted octanol–water partition coefficient (Wildman–Crippen LogP) is 2.30. The lowest BCUT2D eigenvalue weighted by molar-refractivity contribution is -0.00953. The first kappa shape index (κ1) is 17.6. The number of ether oxygens (including phenoxy) is 4. The Morgan fingerprint density at radius 2 is 1.48 bits per heavy atom. The van der Waals surface area contributed by atoms with Crippen molar-refractivity contribution in [1.29, 1.82) is 0 Å². The van der Waals surface area contributed by atoms with Crippen molar-refractivity contribution in [3.63, 3.8) is 0 Å². The Labute approximate surface area is 126 Å². The zero-order chi connectivity index (χ0) is 15.3. The molecule has 21 heavy (non-hydrogen) atoms. The lowest BCUT2D eigenvalue weighted by Gasteiger charge is -2.09. The molecule has 1 rings (SSSR count). The number of esters is 1. The van der Waals surface area contributed by atoms with Crippen LogP contribution in [0.1, 0.15) is 24.2 Å². The van der Waals surface area contributed by atoms with Crippen molar-refractivity contribution in [1.82, 2.24) is 0 Å². The van der Waals surface area contributed by atoms with E-state index in [0.29, 0.717) is 38.6 Å². The minimum Gasteiger partial charge on any atom is -0.460 e. The van der Waals surface area contributed by atoms with E-state index in [1.165, 1.54) is 0 Å². The molecule has 5 heteroatoms. The van der Waals surface area contributed by atoms with Gasteiger partial charge in [0.15, 0.2) is 0 Å². The second kappa shape index (κ2) is 11.3. The van der Waals surface area contributed by atoms with Gasteiger partial charge in [0, 0.05) is 0 Å². The van der Waals surface area contributed by atoms with E-state index in [2.05, 4.69) is 0 Å². The molecule has 0 aliphatic heterocycles. The van der Waals surface area contributed by atoms with Crippen molar-refractivity contribution in [2.75, 3.05) is 39.6 Å². The molecule has 1 aromatic carbocycles. The summed E-state index contributed by atoms with van der Waals surface area (Å²) in [5, 5.41) is 0. The smallest absolute Gasteiger partial charge is 0.338 e. The van der Waals surface area contributed by atoms with Crippen LogP contribution in [-0.2, 0) is 18.9 Å². The molecule has 0 aliphatic carbocycles. The zero-order valence-electron chi connectivity index (χ0n) is 12.7. The summed E-state index contributed by atoms with van der Waals surface area (Å²) in [6.45, 7) is 6.71. The highest BCUT2D eigenvalue weighted by Gasteiger charge is 2.04. The fraction of sp³-hybridized carbons (Fsp3) is 0.562. The zero-order valence-corrected chi connectivity index (χ0v) is 12.7. The highest BCUT2D eigenvalue weighted by atomic mass is 16.6. The summed E-state index contributed by atoms with van der Waals surface area (Å²) in [6, 6.07) is 8.89. The molecule has 0 saturated heterocycles. The molecule has 0 fully saturated rings. The molecule has 0 N–H and O–H groups in total. The normalized spacial score (nSPS) is 10.8. The molecule has 0 atom stereocenters. The van der Waals surface area contributed by atoms with Gasteiger partial charge in [0.05, 0.1) is 44.7 Å². The lowest BCUT2D eigenvalue weighted by atomic mass is 10.2. The van der Waals surface area contributed by atoms with Gasteiger partial charge >= 0.3 is 5.97 Å². The summed E-state index contributed by atoms with van der Waals surface area (Å²) >= 11 is 0. The third-order valence-corrected chi connectivity index (χ3v) is 2.52. The Bertz CT molecular complexity index is 378. The average Bonchev–Trinajstić information content (AvgIpc) is 2.49. The van der Waals surface area contributed by atoms with Crippen LogP contribution in [0.15, 0.2) is 30.3 Å². The quantitative estimate of drug-likeness (QED) is 0.463. The van der Waals surface area contributed by atoms with Gasteiger partial charge < -0.3 is 18.9 Å². The van der Waals surface area contributed by atoms with E-state index in [-0.39, 0.29) is 18.7 Å². The Morgan fingerprint density at radius 3 is 2.10 bits per heavy atom. The van der Waals surface area contributed by atoms with Gasteiger partial charge in [0.25, 0.3) is 0 Å². The summed E-state index contributed by atoms with van der Waals surface area (Å²) in [5.74, 6) is -0.332. The van der Waals surface area contributed by atoms with Crippen molar-refractivity contribution >= 4 is 5.97 Å². The number of rotatable bonds is 11. The van der Waals surface area contributed by atoms with Gasteiger partial charge in [-0.1, -0.05) is 18.2 Å². The lowest BCUT2D eigenvalue weighted by Crippen LogP contribution is -2.14. The van der Waals surface area contributed by atoms with Crippen LogP contribution >= 0.6 is 0 Å². The van der Waals surface area contributed by atoms with Crippen molar-refractivity contribution in [3.8, 4) is 0 Å². The average molecular weight is 296 g/mol. The molecule has 0 saturated carbocycles. The number of benzene rings is 1. The number of hydrogen-bond donors (Lipinski definition) is 0. The molecular weight excluding hydrogens is 272 g/mol. The standard InChI is InChI=1S/C16H24O5/c1-14(2)20-12-10-18-8-9-19-11-13-21-16(17)15-6-4-3-5-7-15/h3-7,14H,8-13H2,1-2H3. The molecule has 0 aliphatic rings. The summed E-state index contributed by atoms with van der Waals surface area (Å²) < 4.78 is 21.0. The summed E-state index contributed by atoms with van der Waals surface area (Å²) in [5.41, 5.74) is 0.547. The largest absolute Gasteiger partial charge is 0.460 e. The third-order valence-electron chi connectivity index (χ3n) is 2.52.